The lowest BCUT2D eigenvalue weighted by Gasteiger charge is -2.16. The lowest BCUT2D eigenvalue weighted by Crippen LogP contribution is -2.43. The Morgan fingerprint density at radius 2 is 1.88 bits per heavy atom. The predicted octanol–water partition coefficient (Wildman–Crippen LogP) is 2.21. The van der Waals surface area contributed by atoms with Crippen molar-refractivity contribution in [3.8, 4) is 0 Å². The van der Waals surface area contributed by atoms with Crippen LogP contribution in [0.3, 0.4) is 0 Å². The smallest absolute Gasteiger partial charge is 0.341 e. The van der Waals surface area contributed by atoms with Crippen LogP contribution in [0.2, 0.25) is 5.15 Å². The topological polar surface area (TPSA) is 85.4 Å². The third kappa shape index (κ3) is 5.69. The van der Waals surface area contributed by atoms with Gasteiger partial charge in [-0.25, -0.2) is 9.78 Å². The van der Waals surface area contributed by atoms with Crippen molar-refractivity contribution in [2.45, 2.75) is 19.4 Å². The minimum Gasteiger partial charge on any atom is -0.452 e. The van der Waals surface area contributed by atoms with Gasteiger partial charge in [0.05, 0.1) is 11.6 Å². The third-order valence-corrected chi connectivity index (χ3v) is 3.72. The Morgan fingerprint density at radius 3 is 2.52 bits per heavy atom. The molecule has 0 saturated heterocycles. The van der Waals surface area contributed by atoms with E-state index in [1.54, 1.807) is 0 Å². The fraction of sp³-hybridized carbons (Fsp3) is 0.222. The van der Waals surface area contributed by atoms with Crippen LogP contribution in [0.25, 0.3) is 0 Å². The highest BCUT2D eigenvalue weighted by atomic mass is 35.5. The lowest BCUT2D eigenvalue weighted by atomic mass is 10.0. The summed E-state index contributed by atoms with van der Waals surface area (Å²) >= 11 is 5.79. The molecular weight excluding hydrogens is 344 g/mol. The number of nitrogens with zero attached hydrogens (tertiary/aromatic N) is 1. The van der Waals surface area contributed by atoms with E-state index in [-0.39, 0.29) is 16.5 Å². The number of hydrogen-bond donors (Lipinski definition) is 1. The van der Waals surface area contributed by atoms with Crippen LogP contribution in [0.5, 0.6) is 0 Å². The molecule has 1 atom stereocenters. The van der Waals surface area contributed by atoms with Crippen LogP contribution < -0.4 is 5.32 Å². The summed E-state index contributed by atoms with van der Waals surface area (Å²) in [7, 11) is 0. The number of aromatic nitrogens is 1. The Morgan fingerprint density at radius 1 is 1.16 bits per heavy atom. The Bertz CT molecular complexity index is 765. The molecule has 7 heteroatoms. The maximum absolute atomic E-state index is 12.0. The van der Waals surface area contributed by atoms with Gasteiger partial charge in [0.2, 0.25) is 0 Å². The Kier molecular flexibility index (Phi) is 6.65. The summed E-state index contributed by atoms with van der Waals surface area (Å²) in [6.07, 6.45) is 1.80. The number of carbonyl (C=O) groups is 3. The number of esters is 1. The third-order valence-electron chi connectivity index (χ3n) is 3.42. The molecule has 0 aliphatic rings. The molecule has 1 N–H and O–H groups in total. The summed E-state index contributed by atoms with van der Waals surface area (Å²) in [6, 6.07) is 11.6. The van der Waals surface area contributed by atoms with Gasteiger partial charge in [-0.15, -0.1) is 0 Å². The number of rotatable bonds is 7. The number of hydrogen-bond acceptors (Lipinski definition) is 5. The van der Waals surface area contributed by atoms with Gasteiger partial charge in [0.1, 0.15) is 5.15 Å². The fourth-order valence-electron chi connectivity index (χ4n) is 2.13. The number of benzene rings is 1. The van der Waals surface area contributed by atoms with Gasteiger partial charge < -0.3 is 10.1 Å². The number of Topliss-reactive ketones (excluding diaryl/α,β-unsaturated/α-hetero) is 1. The Balaban J connectivity index is 1.90. The monoisotopic (exact) mass is 360 g/mol. The minimum atomic E-state index is -0.754. The maximum Gasteiger partial charge on any atom is 0.341 e. The minimum absolute atomic E-state index is 0.00130. The molecule has 0 radical (unpaired) electrons. The van der Waals surface area contributed by atoms with Gasteiger partial charge in [-0.3, -0.25) is 9.59 Å². The van der Waals surface area contributed by atoms with Crippen molar-refractivity contribution < 1.29 is 19.1 Å². The molecule has 2 aromatic rings. The number of carbonyl (C=O) groups excluding carboxylic acids is 3. The largest absolute Gasteiger partial charge is 0.452 e. The molecule has 1 aromatic heterocycles. The molecular formula is C18H17ClN2O4. The number of pyridine rings is 1. The van der Waals surface area contributed by atoms with Crippen LogP contribution in [0.4, 0.5) is 0 Å². The van der Waals surface area contributed by atoms with E-state index < -0.39 is 24.5 Å². The van der Waals surface area contributed by atoms with Crippen molar-refractivity contribution >= 4 is 29.3 Å². The number of nitrogens with one attached hydrogen (secondary N) is 1. The normalized spacial score (nSPS) is 11.4. The number of halogens is 1. The van der Waals surface area contributed by atoms with E-state index in [9.17, 15) is 14.4 Å². The summed E-state index contributed by atoms with van der Waals surface area (Å²) < 4.78 is 4.91. The standard InChI is InChI=1S/C18H17ClN2O4/c1-12(22)15(10-13-6-3-2-4-7-13)21-16(23)11-25-18(24)14-8-5-9-20-17(14)19/h2-9,15H,10-11H2,1H3,(H,21,23)/t15-/m0/s1. The van der Waals surface area contributed by atoms with E-state index in [0.717, 1.165) is 5.56 Å². The molecule has 0 unspecified atom stereocenters. The zero-order valence-electron chi connectivity index (χ0n) is 13.6. The first-order chi connectivity index (χ1) is 12.0. The average Bonchev–Trinajstić information content (AvgIpc) is 2.60. The van der Waals surface area contributed by atoms with E-state index >= 15 is 0 Å². The molecule has 25 heavy (non-hydrogen) atoms. The van der Waals surface area contributed by atoms with Gasteiger partial charge >= 0.3 is 5.97 Å². The molecule has 1 aromatic carbocycles. The van der Waals surface area contributed by atoms with Gasteiger partial charge in [-0.05, 0) is 31.0 Å². The van der Waals surface area contributed by atoms with E-state index in [0.29, 0.717) is 6.42 Å². The van der Waals surface area contributed by atoms with Gasteiger partial charge in [-0.1, -0.05) is 41.9 Å². The second-order valence-electron chi connectivity index (χ2n) is 5.34. The van der Waals surface area contributed by atoms with Crippen LogP contribution in [-0.4, -0.2) is 35.3 Å². The van der Waals surface area contributed by atoms with E-state index in [1.807, 2.05) is 30.3 Å². The Hall–Kier alpha value is -2.73. The first kappa shape index (κ1) is 18.6. The van der Waals surface area contributed by atoms with Crippen molar-refractivity contribution in [3.63, 3.8) is 0 Å². The lowest BCUT2D eigenvalue weighted by molar-refractivity contribution is -0.128. The molecule has 0 fully saturated rings. The van der Waals surface area contributed by atoms with Gasteiger partial charge in [-0.2, -0.15) is 0 Å². The highest BCUT2D eigenvalue weighted by molar-refractivity contribution is 6.32. The van der Waals surface area contributed by atoms with E-state index in [2.05, 4.69) is 10.3 Å². The molecule has 6 nitrogen and oxygen atoms in total. The molecule has 0 saturated carbocycles. The average molecular weight is 361 g/mol. The van der Waals surface area contributed by atoms with Gasteiger partial charge in [0.15, 0.2) is 12.4 Å². The van der Waals surface area contributed by atoms with Crippen LogP contribution in [0.1, 0.15) is 22.8 Å². The van der Waals surface area contributed by atoms with Gasteiger partial charge in [0.25, 0.3) is 5.91 Å². The SMILES string of the molecule is CC(=O)[C@H](Cc1ccccc1)NC(=O)COC(=O)c1cccnc1Cl. The molecule has 0 spiro atoms. The Labute approximate surface area is 150 Å². The van der Waals surface area contributed by atoms with E-state index in [1.165, 1.54) is 25.3 Å². The molecule has 130 valence electrons. The summed E-state index contributed by atoms with van der Waals surface area (Å²) in [5, 5.41) is 2.57. The summed E-state index contributed by atoms with van der Waals surface area (Å²) in [5.74, 6) is -1.50. The molecule has 0 aliphatic heterocycles. The second-order valence-corrected chi connectivity index (χ2v) is 5.70. The number of ketones is 1. The van der Waals surface area contributed by atoms with Crippen LogP contribution >= 0.6 is 11.6 Å². The summed E-state index contributed by atoms with van der Waals surface area (Å²) in [6.45, 7) is 0.887. The molecule has 1 amide bonds. The predicted molar refractivity (Wildman–Crippen MR) is 92.3 cm³/mol. The first-order valence-corrected chi connectivity index (χ1v) is 7.96. The van der Waals surface area contributed by atoms with Crippen molar-refractivity contribution in [1.82, 2.24) is 10.3 Å². The zero-order valence-corrected chi connectivity index (χ0v) is 14.3. The summed E-state index contributed by atoms with van der Waals surface area (Å²) in [5.41, 5.74) is 0.992. The summed E-state index contributed by atoms with van der Waals surface area (Å²) in [4.78, 5) is 39.4. The van der Waals surface area contributed by atoms with Crippen molar-refractivity contribution in [2.75, 3.05) is 6.61 Å². The van der Waals surface area contributed by atoms with Crippen LogP contribution in [-0.2, 0) is 20.7 Å². The van der Waals surface area contributed by atoms with Crippen molar-refractivity contribution in [3.05, 3.63) is 64.9 Å². The van der Waals surface area contributed by atoms with Crippen molar-refractivity contribution in [2.24, 2.45) is 0 Å². The molecule has 0 aliphatic carbocycles. The zero-order chi connectivity index (χ0) is 18.2. The molecule has 0 bridgehead atoms. The number of amides is 1. The molecule has 1 heterocycles. The first-order valence-electron chi connectivity index (χ1n) is 7.58. The molecule has 2 rings (SSSR count). The van der Waals surface area contributed by atoms with Crippen LogP contribution in [0.15, 0.2) is 48.7 Å². The fourth-order valence-corrected chi connectivity index (χ4v) is 2.33. The van der Waals surface area contributed by atoms with Gasteiger partial charge in [0, 0.05) is 6.20 Å². The maximum atomic E-state index is 12.0. The van der Waals surface area contributed by atoms with Crippen LogP contribution in [0, 0.1) is 0 Å². The quantitative estimate of drug-likeness (QED) is 0.604. The van der Waals surface area contributed by atoms with E-state index in [4.69, 9.17) is 16.3 Å². The highest BCUT2D eigenvalue weighted by Crippen LogP contribution is 2.12. The van der Waals surface area contributed by atoms with Crippen molar-refractivity contribution in [1.29, 1.82) is 0 Å². The highest BCUT2D eigenvalue weighted by Gasteiger charge is 2.19. The number of ether oxygens (including phenoxy) is 1. The second kappa shape index (κ2) is 8.94.